The lowest BCUT2D eigenvalue weighted by Gasteiger charge is -2.14. The Hall–Kier alpha value is -0.910. The van der Waals surface area contributed by atoms with Gasteiger partial charge in [0.15, 0.2) is 10.9 Å². The van der Waals surface area contributed by atoms with Crippen LogP contribution >= 0.6 is 23.8 Å². The molecule has 0 bridgehead atoms. The Kier molecular flexibility index (Phi) is 4.74. The summed E-state index contributed by atoms with van der Waals surface area (Å²) in [5, 5.41) is 7.18. The molecule has 0 aliphatic carbocycles. The van der Waals surface area contributed by atoms with Gasteiger partial charge in [0.2, 0.25) is 0 Å². The Morgan fingerprint density at radius 2 is 2.50 bits per heavy atom. The van der Waals surface area contributed by atoms with Crippen LogP contribution in [0.5, 0.6) is 0 Å². The number of nitrogens with zero attached hydrogens (tertiary/aromatic N) is 1. The van der Waals surface area contributed by atoms with Gasteiger partial charge in [-0.2, -0.15) is 0 Å². The third-order valence-electron chi connectivity index (χ3n) is 2.72. The molecule has 0 amide bonds. The number of aromatic nitrogens is 1. The van der Waals surface area contributed by atoms with Crippen molar-refractivity contribution >= 4 is 34.7 Å². The highest BCUT2D eigenvalue weighted by Gasteiger charge is 2.15. The molecule has 1 aliphatic rings. The van der Waals surface area contributed by atoms with Gasteiger partial charge in [-0.05, 0) is 43.6 Å². The number of hydrogen-bond acceptors (Lipinski definition) is 3. The predicted molar refractivity (Wildman–Crippen MR) is 77.2 cm³/mol. The van der Waals surface area contributed by atoms with Crippen molar-refractivity contribution in [2.45, 2.75) is 25.9 Å². The summed E-state index contributed by atoms with van der Waals surface area (Å²) >= 11 is 11.3. The van der Waals surface area contributed by atoms with Gasteiger partial charge in [0, 0.05) is 19.3 Å². The second-order valence-corrected chi connectivity index (χ2v) is 5.13. The van der Waals surface area contributed by atoms with Crippen molar-refractivity contribution in [1.82, 2.24) is 10.3 Å². The summed E-state index contributed by atoms with van der Waals surface area (Å²) in [6, 6.07) is 1.85. The lowest BCUT2D eigenvalue weighted by molar-refractivity contribution is 0.114. The van der Waals surface area contributed by atoms with Crippen molar-refractivity contribution in [3.8, 4) is 0 Å². The van der Waals surface area contributed by atoms with Gasteiger partial charge in [0.1, 0.15) is 0 Å². The van der Waals surface area contributed by atoms with Gasteiger partial charge in [-0.15, -0.1) is 0 Å². The van der Waals surface area contributed by atoms with Crippen LogP contribution in [-0.2, 0) is 4.74 Å². The van der Waals surface area contributed by atoms with Gasteiger partial charge in [-0.1, -0.05) is 11.6 Å². The van der Waals surface area contributed by atoms with Crippen LogP contribution in [0.3, 0.4) is 0 Å². The molecule has 0 unspecified atom stereocenters. The smallest absolute Gasteiger partial charge is 0.172 e. The molecule has 1 fully saturated rings. The first-order valence-electron chi connectivity index (χ1n) is 5.94. The van der Waals surface area contributed by atoms with Crippen LogP contribution in [0.1, 0.15) is 18.4 Å². The molecule has 2 rings (SSSR count). The predicted octanol–water partition coefficient (Wildman–Crippen LogP) is 2.51. The van der Waals surface area contributed by atoms with E-state index in [4.69, 9.17) is 28.6 Å². The molecule has 0 aromatic carbocycles. The molecule has 2 heterocycles. The molecule has 0 saturated carbocycles. The molecule has 98 valence electrons. The van der Waals surface area contributed by atoms with E-state index < -0.39 is 0 Å². The number of ether oxygens (including phenoxy) is 1. The largest absolute Gasteiger partial charge is 0.376 e. The Labute approximate surface area is 117 Å². The van der Waals surface area contributed by atoms with Crippen LogP contribution in [0, 0.1) is 6.92 Å². The lowest BCUT2D eigenvalue weighted by Crippen LogP contribution is -2.35. The number of nitrogens with one attached hydrogen (secondary N) is 2. The third kappa shape index (κ3) is 3.80. The fraction of sp³-hybridized carbons (Fsp3) is 0.500. The van der Waals surface area contributed by atoms with E-state index in [1.165, 1.54) is 0 Å². The number of pyridine rings is 1. The number of anilines is 1. The second-order valence-electron chi connectivity index (χ2n) is 4.31. The molecule has 1 aromatic heterocycles. The van der Waals surface area contributed by atoms with Crippen molar-refractivity contribution in [3.05, 3.63) is 22.8 Å². The maximum absolute atomic E-state index is 6.06. The summed E-state index contributed by atoms with van der Waals surface area (Å²) in [6.45, 7) is 3.50. The number of rotatable bonds is 3. The summed E-state index contributed by atoms with van der Waals surface area (Å²) in [4.78, 5) is 4.20. The van der Waals surface area contributed by atoms with Crippen LogP contribution in [0.15, 0.2) is 12.3 Å². The number of hydrogen-bond donors (Lipinski definition) is 2. The first-order valence-corrected chi connectivity index (χ1v) is 6.72. The van der Waals surface area contributed by atoms with Gasteiger partial charge in [-0.3, -0.25) is 0 Å². The molecule has 1 aliphatic heterocycles. The van der Waals surface area contributed by atoms with Gasteiger partial charge in [-0.25, -0.2) is 4.98 Å². The van der Waals surface area contributed by atoms with Gasteiger partial charge in [0.25, 0.3) is 0 Å². The van der Waals surface area contributed by atoms with Gasteiger partial charge < -0.3 is 15.4 Å². The molecule has 1 aromatic rings. The van der Waals surface area contributed by atoms with Crippen LogP contribution in [0.4, 0.5) is 5.82 Å². The standard InChI is InChI=1S/C12H16ClN3OS/c1-8-5-10(13)11(14-6-8)16-12(18)15-7-9-3-2-4-17-9/h5-6,9H,2-4,7H2,1H3,(H2,14,15,16,18)/t9-/m0/s1. The van der Waals surface area contributed by atoms with E-state index in [0.29, 0.717) is 16.0 Å². The van der Waals surface area contributed by atoms with E-state index in [0.717, 1.165) is 31.6 Å². The van der Waals surface area contributed by atoms with E-state index in [9.17, 15) is 0 Å². The summed E-state index contributed by atoms with van der Waals surface area (Å²) < 4.78 is 5.50. The lowest BCUT2D eigenvalue weighted by atomic mass is 10.2. The summed E-state index contributed by atoms with van der Waals surface area (Å²) in [5.41, 5.74) is 1.02. The highest BCUT2D eigenvalue weighted by molar-refractivity contribution is 7.80. The molecular weight excluding hydrogens is 270 g/mol. The fourth-order valence-corrected chi connectivity index (χ4v) is 2.24. The van der Waals surface area contributed by atoms with Crippen LogP contribution in [0.25, 0.3) is 0 Å². The minimum absolute atomic E-state index is 0.256. The quantitative estimate of drug-likeness (QED) is 0.836. The molecule has 0 spiro atoms. The molecule has 6 heteroatoms. The van der Waals surface area contributed by atoms with E-state index in [2.05, 4.69) is 15.6 Å². The van der Waals surface area contributed by atoms with Crippen molar-refractivity contribution in [3.63, 3.8) is 0 Å². The molecular formula is C12H16ClN3OS. The van der Waals surface area contributed by atoms with Crippen molar-refractivity contribution < 1.29 is 4.74 Å². The molecule has 18 heavy (non-hydrogen) atoms. The SMILES string of the molecule is Cc1cnc(NC(=S)NC[C@@H]2CCCO2)c(Cl)c1. The third-order valence-corrected chi connectivity index (χ3v) is 3.26. The zero-order valence-corrected chi connectivity index (χ0v) is 11.8. The van der Waals surface area contributed by atoms with Crippen molar-refractivity contribution in [2.75, 3.05) is 18.5 Å². The Balaban J connectivity index is 1.82. The normalized spacial score (nSPS) is 18.7. The van der Waals surface area contributed by atoms with Crippen molar-refractivity contribution in [2.24, 2.45) is 0 Å². The molecule has 1 atom stereocenters. The zero-order valence-electron chi connectivity index (χ0n) is 10.2. The van der Waals surface area contributed by atoms with E-state index in [1.54, 1.807) is 6.20 Å². The summed E-state index contributed by atoms with van der Waals surface area (Å²) in [7, 11) is 0. The number of thiocarbonyl (C=S) groups is 1. The molecule has 2 N–H and O–H groups in total. The number of aryl methyl sites for hydroxylation is 1. The average Bonchev–Trinajstić information content (AvgIpc) is 2.83. The van der Waals surface area contributed by atoms with Crippen molar-refractivity contribution in [1.29, 1.82) is 0 Å². The number of halogens is 1. The average molecular weight is 286 g/mol. The fourth-order valence-electron chi connectivity index (χ4n) is 1.79. The molecule has 4 nitrogen and oxygen atoms in total. The zero-order chi connectivity index (χ0) is 13.0. The maximum atomic E-state index is 6.06. The Bertz CT molecular complexity index is 435. The minimum atomic E-state index is 0.256. The highest BCUT2D eigenvalue weighted by Crippen LogP contribution is 2.19. The molecule has 1 saturated heterocycles. The topological polar surface area (TPSA) is 46.2 Å². The maximum Gasteiger partial charge on any atom is 0.172 e. The molecule has 0 radical (unpaired) electrons. The first kappa shape index (κ1) is 13.5. The van der Waals surface area contributed by atoms with Crippen LogP contribution < -0.4 is 10.6 Å². The first-order chi connectivity index (χ1) is 8.65. The van der Waals surface area contributed by atoms with E-state index in [1.807, 2.05) is 13.0 Å². The monoisotopic (exact) mass is 285 g/mol. The Morgan fingerprint density at radius 3 is 3.17 bits per heavy atom. The van der Waals surface area contributed by atoms with Gasteiger partial charge in [0.05, 0.1) is 11.1 Å². The summed E-state index contributed by atoms with van der Waals surface area (Å²) in [5.74, 6) is 0.576. The van der Waals surface area contributed by atoms with Gasteiger partial charge >= 0.3 is 0 Å². The summed E-state index contributed by atoms with van der Waals surface area (Å²) in [6.07, 6.45) is 4.21. The minimum Gasteiger partial charge on any atom is -0.376 e. The highest BCUT2D eigenvalue weighted by atomic mass is 35.5. The van der Waals surface area contributed by atoms with E-state index in [-0.39, 0.29) is 6.10 Å². The van der Waals surface area contributed by atoms with E-state index >= 15 is 0 Å². The van der Waals surface area contributed by atoms with Crippen LogP contribution in [-0.4, -0.2) is 29.4 Å². The Morgan fingerprint density at radius 1 is 1.67 bits per heavy atom. The van der Waals surface area contributed by atoms with Crippen LogP contribution in [0.2, 0.25) is 5.02 Å². The second kappa shape index (κ2) is 6.31.